The molecule has 0 atom stereocenters. The average molecular weight is 290 g/mol. The third kappa shape index (κ3) is 3.74. The number of hydrogen-bond acceptors (Lipinski definition) is 3. The quantitative estimate of drug-likeness (QED) is 0.637. The van der Waals surface area contributed by atoms with Crippen LogP contribution < -0.4 is 0 Å². The third-order valence-corrected chi connectivity index (χ3v) is 3.81. The fourth-order valence-electron chi connectivity index (χ4n) is 1.87. The molecule has 3 heterocycles. The van der Waals surface area contributed by atoms with Gasteiger partial charge >= 0.3 is 0 Å². The topological polar surface area (TPSA) is 25.8 Å². The molecule has 3 rings (SSSR count). The van der Waals surface area contributed by atoms with Crippen LogP contribution in [0.2, 0.25) is 0 Å². The Morgan fingerprint density at radius 2 is 1.81 bits per heavy atom. The second kappa shape index (κ2) is 6.77. The van der Waals surface area contributed by atoms with E-state index in [1.807, 2.05) is 60.8 Å². The predicted molar refractivity (Wildman–Crippen MR) is 89.9 cm³/mol. The van der Waals surface area contributed by atoms with Crippen molar-refractivity contribution in [3.8, 4) is 10.6 Å². The largest absolute Gasteiger partial charge is 0.257 e. The Kier molecular flexibility index (Phi) is 4.34. The number of nitrogens with zero attached hydrogens (tertiary/aromatic N) is 2. The maximum Gasteiger partial charge on any atom is 0.0802 e. The molecule has 0 aliphatic rings. The first-order chi connectivity index (χ1) is 10.4. The Bertz CT molecular complexity index is 727. The van der Waals surface area contributed by atoms with Gasteiger partial charge in [0.05, 0.1) is 16.3 Å². The van der Waals surface area contributed by atoms with E-state index in [4.69, 9.17) is 0 Å². The lowest BCUT2D eigenvalue weighted by atomic mass is 10.2. The molecule has 0 amide bonds. The standard InChI is InChI=1S/C18H14N2S/c1(2-7-16-8-3-4-12-19-16)6-15-10-11-17(20-14-15)18-9-5-13-21-18/h1-14H/b6-1+,7-2+. The molecule has 0 unspecified atom stereocenters. The molecule has 3 heteroatoms. The molecular weight excluding hydrogens is 276 g/mol. The third-order valence-electron chi connectivity index (χ3n) is 2.91. The summed E-state index contributed by atoms with van der Waals surface area (Å²) in [6.07, 6.45) is 11.7. The highest BCUT2D eigenvalue weighted by atomic mass is 32.1. The molecule has 0 aliphatic carbocycles. The SMILES string of the molecule is C(/C=C/c1ccccn1)=C\c1ccc(-c2cccs2)nc1. The number of pyridine rings is 2. The zero-order valence-electron chi connectivity index (χ0n) is 11.4. The molecule has 0 spiro atoms. The second-order valence-corrected chi connectivity index (χ2v) is 5.37. The van der Waals surface area contributed by atoms with E-state index in [9.17, 15) is 0 Å². The van der Waals surface area contributed by atoms with Crippen molar-refractivity contribution in [2.24, 2.45) is 0 Å². The van der Waals surface area contributed by atoms with Crippen molar-refractivity contribution in [3.63, 3.8) is 0 Å². The summed E-state index contributed by atoms with van der Waals surface area (Å²) in [5.74, 6) is 0. The van der Waals surface area contributed by atoms with Gasteiger partial charge in [-0.25, -0.2) is 0 Å². The number of aromatic nitrogens is 2. The van der Waals surface area contributed by atoms with E-state index in [-0.39, 0.29) is 0 Å². The van der Waals surface area contributed by atoms with Crippen molar-refractivity contribution < 1.29 is 0 Å². The van der Waals surface area contributed by atoms with Crippen molar-refractivity contribution >= 4 is 23.5 Å². The number of hydrogen-bond donors (Lipinski definition) is 0. The van der Waals surface area contributed by atoms with Crippen molar-refractivity contribution in [2.75, 3.05) is 0 Å². The molecule has 0 bridgehead atoms. The monoisotopic (exact) mass is 290 g/mol. The predicted octanol–water partition coefficient (Wildman–Crippen LogP) is 4.93. The maximum atomic E-state index is 4.48. The fourth-order valence-corrected chi connectivity index (χ4v) is 2.57. The van der Waals surface area contributed by atoms with Crippen LogP contribution in [0.5, 0.6) is 0 Å². The summed E-state index contributed by atoms with van der Waals surface area (Å²) in [7, 11) is 0. The van der Waals surface area contributed by atoms with Crippen LogP contribution in [0.15, 0.2) is 72.4 Å². The van der Waals surface area contributed by atoms with Crippen LogP contribution >= 0.6 is 11.3 Å². The minimum atomic E-state index is 0.952. The Hall–Kier alpha value is -2.52. The van der Waals surface area contributed by atoms with E-state index in [2.05, 4.69) is 27.5 Å². The second-order valence-electron chi connectivity index (χ2n) is 4.43. The van der Waals surface area contributed by atoms with Gasteiger partial charge in [-0.15, -0.1) is 11.3 Å². The van der Waals surface area contributed by atoms with E-state index in [0.717, 1.165) is 17.0 Å². The molecule has 0 N–H and O–H groups in total. The molecule has 2 nitrogen and oxygen atoms in total. The van der Waals surface area contributed by atoms with E-state index in [0.29, 0.717) is 0 Å². The van der Waals surface area contributed by atoms with Crippen molar-refractivity contribution in [3.05, 3.63) is 83.6 Å². The first-order valence-corrected chi connectivity index (χ1v) is 7.55. The van der Waals surface area contributed by atoms with Crippen LogP contribution in [0.25, 0.3) is 22.7 Å². The highest BCUT2D eigenvalue weighted by Crippen LogP contribution is 2.22. The van der Waals surface area contributed by atoms with Gasteiger partial charge in [0.1, 0.15) is 0 Å². The Morgan fingerprint density at radius 3 is 2.52 bits per heavy atom. The number of thiophene rings is 1. The Labute approximate surface area is 128 Å². The van der Waals surface area contributed by atoms with Gasteiger partial charge in [0.2, 0.25) is 0 Å². The van der Waals surface area contributed by atoms with Crippen LogP contribution in [0.4, 0.5) is 0 Å². The molecule has 0 saturated carbocycles. The Balaban J connectivity index is 1.65. The van der Waals surface area contributed by atoms with Gasteiger partial charge in [-0.2, -0.15) is 0 Å². The zero-order valence-corrected chi connectivity index (χ0v) is 12.2. The van der Waals surface area contributed by atoms with Gasteiger partial charge in [-0.3, -0.25) is 9.97 Å². The summed E-state index contributed by atoms with van der Waals surface area (Å²) in [6, 6.07) is 14.1. The van der Waals surface area contributed by atoms with Gasteiger partial charge in [0.15, 0.2) is 0 Å². The summed E-state index contributed by atoms with van der Waals surface area (Å²) >= 11 is 1.70. The van der Waals surface area contributed by atoms with Gasteiger partial charge in [0.25, 0.3) is 0 Å². The average Bonchev–Trinajstić information content (AvgIpc) is 3.08. The lowest BCUT2D eigenvalue weighted by molar-refractivity contribution is 1.30. The Morgan fingerprint density at radius 1 is 0.857 bits per heavy atom. The number of allylic oxidation sites excluding steroid dienone is 2. The van der Waals surface area contributed by atoms with E-state index in [1.165, 1.54) is 4.88 Å². The van der Waals surface area contributed by atoms with Crippen LogP contribution in [0.1, 0.15) is 11.3 Å². The van der Waals surface area contributed by atoms with Crippen LogP contribution in [0.3, 0.4) is 0 Å². The summed E-state index contributed by atoms with van der Waals surface area (Å²) < 4.78 is 0. The van der Waals surface area contributed by atoms with Crippen molar-refractivity contribution in [2.45, 2.75) is 0 Å². The normalized spacial score (nSPS) is 11.4. The van der Waals surface area contributed by atoms with Crippen molar-refractivity contribution in [1.82, 2.24) is 9.97 Å². The molecule has 3 aromatic heterocycles. The molecule has 21 heavy (non-hydrogen) atoms. The highest BCUT2D eigenvalue weighted by Gasteiger charge is 1.98. The molecule has 0 aromatic carbocycles. The summed E-state index contributed by atoms with van der Waals surface area (Å²) in [6.45, 7) is 0. The molecule has 0 aliphatic heterocycles. The van der Waals surface area contributed by atoms with Gasteiger partial charge in [-0.1, -0.05) is 36.4 Å². The minimum Gasteiger partial charge on any atom is -0.257 e. The summed E-state index contributed by atoms with van der Waals surface area (Å²) in [5.41, 5.74) is 3.06. The van der Waals surface area contributed by atoms with E-state index >= 15 is 0 Å². The fraction of sp³-hybridized carbons (Fsp3) is 0. The molecule has 0 radical (unpaired) electrons. The molecule has 0 fully saturated rings. The smallest absolute Gasteiger partial charge is 0.0802 e. The van der Waals surface area contributed by atoms with Crippen LogP contribution in [-0.4, -0.2) is 9.97 Å². The van der Waals surface area contributed by atoms with Gasteiger partial charge < -0.3 is 0 Å². The highest BCUT2D eigenvalue weighted by molar-refractivity contribution is 7.13. The molecule has 3 aromatic rings. The van der Waals surface area contributed by atoms with Gasteiger partial charge in [0, 0.05) is 12.4 Å². The van der Waals surface area contributed by atoms with Crippen LogP contribution in [-0.2, 0) is 0 Å². The molecular formula is C18H14N2S. The lowest BCUT2D eigenvalue weighted by Gasteiger charge is -1.97. The van der Waals surface area contributed by atoms with E-state index in [1.54, 1.807) is 17.5 Å². The first-order valence-electron chi connectivity index (χ1n) is 6.67. The van der Waals surface area contributed by atoms with Crippen LogP contribution in [0, 0.1) is 0 Å². The summed E-state index contributed by atoms with van der Waals surface area (Å²) in [5, 5.41) is 2.06. The van der Waals surface area contributed by atoms with Crippen molar-refractivity contribution in [1.29, 1.82) is 0 Å². The summed E-state index contributed by atoms with van der Waals surface area (Å²) in [4.78, 5) is 9.91. The lowest BCUT2D eigenvalue weighted by Crippen LogP contribution is -1.80. The first kappa shape index (κ1) is 13.5. The van der Waals surface area contributed by atoms with E-state index < -0.39 is 0 Å². The maximum absolute atomic E-state index is 4.48. The number of rotatable bonds is 4. The zero-order chi connectivity index (χ0) is 14.3. The molecule has 102 valence electrons. The van der Waals surface area contributed by atoms with Gasteiger partial charge in [-0.05, 0) is 41.3 Å². The minimum absolute atomic E-state index is 0.952. The molecule has 0 saturated heterocycles.